The Hall–Kier alpha value is -3.96. The highest BCUT2D eigenvalue weighted by Gasteiger charge is 2.17. The topological polar surface area (TPSA) is 149 Å². The minimum absolute atomic E-state index is 0.0199. The number of piperazine rings is 1. The molecule has 0 unspecified atom stereocenters. The van der Waals surface area contributed by atoms with Crippen molar-refractivity contribution in [3.05, 3.63) is 69.5 Å². The van der Waals surface area contributed by atoms with Crippen molar-refractivity contribution >= 4 is 40.4 Å². The van der Waals surface area contributed by atoms with Gasteiger partial charge in [-0.1, -0.05) is 17.7 Å². The van der Waals surface area contributed by atoms with Crippen LogP contribution >= 0.6 is 11.6 Å². The first kappa shape index (κ1) is 22.2. The Morgan fingerprint density at radius 3 is 2.73 bits per heavy atom. The molecule has 1 aliphatic heterocycles. The van der Waals surface area contributed by atoms with Crippen LogP contribution in [0.3, 0.4) is 0 Å². The third kappa shape index (κ3) is 5.27. The monoisotopic (exact) mass is 469 g/mol. The molecule has 1 amide bonds. The number of hydrogen-bond donors (Lipinski definition) is 3. The summed E-state index contributed by atoms with van der Waals surface area (Å²) in [5.41, 5.74) is 6.70. The van der Waals surface area contributed by atoms with E-state index in [1.807, 2.05) is 12.1 Å². The number of rotatable bonds is 7. The van der Waals surface area contributed by atoms with Crippen molar-refractivity contribution in [2.24, 2.45) is 5.73 Å². The zero-order valence-electron chi connectivity index (χ0n) is 17.3. The number of nitro groups is 1. The van der Waals surface area contributed by atoms with E-state index in [0.29, 0.717) is 10.7 Å². The number of ether oxygens (including phenoxy) is 1. The van der Waals surface area contributed by atoms with Crippen LogP contribution in [0, 0.1) is 10.1 Å². The van der Waals surface area contributed by atoms with Crippen molar-refractivity contribution < 1.29 is 14.5 Å². The predicted octanol–water partition coefficient (Wildman–Crippen LogP) is 3.08. The Labute approximate surface area is 193 Å². The number of carbonyl (C=O) groups excluding carboxylic acids is 1. The van der Waals surface area contributed by atoms with Gasteiger partial charge in [0.05, 0.1) is 27.9 Å². The van der Waals surface area contributed by atoms with Crippen molar-refractivity contribution in [3.8, 4) is 11.6 Å². The number of carbonyl (C=O) groups is 1. The number of aromatic nitrogens is 2. The van der Waals surface area contributed by atoms with Gasteiger partial charge in [0.2, 0.25) is 5.88 Å². The molecule has 1 fully saturated rings. The molecule has 2 aromatic carbocycles. The summed E-state index contributed by atoms with van der Waals surface area (Å²) in [6.07, 6.45) is 1.21. The van der Waals surface area contributed by atoms with Crippen molar-refractivity contribution in [3.63, 3.8) is 0 Å². The van der Waals surface area contributed by atoms with Gasteiger partial charge in [-0.05, 0) is 24.3 Å². The van der Waals surface area contributed by atoms with Crippen LogP contribution < -0.4 is 26.0 Å². The van der Waals surface area contributed by atoms with Gasteiger partial charge >= 0.3 is 0 Å². The first-order valence-corrected chi connectivity index (χ1v) is 10.4. The van der Waals surface area contributed by atoms with Gasteiger partial charge in [-0.15, -0.1) is 0 Å². The van der Waals surface area contributed by atoms with Gasteiger partial charge in [0.15, 0.2) is 11.5 Å². The predicted molar refractivity (Wildman–Crippen MR) is 124 cm³/mol. The highest BCUT2D eigenvalue weighted by molar-refractivity contribution is 6.33. The molecule has 0 bridgehead atoms. The molecule has 4 N–H and O–H groups in total. The Bertz CT molecular complexity index is 1200. The molecule has 11 nitrogen and oxygen atoms in total. The Morgan fingerprint density at radius 1 is 1.24 bits per heavy atom. The Balaban J connectivity index is 1.58. The number of anilines is 3. The number of primary amides is 1. The zero-order chi connectivity index (χ0) is 23.4. The summed E-state index contributed by atoms with van der Waals surface area (Å²) in [7, 11) is 0. The number of hydrogen-bond acceptors (Lipinski definition) is 9. The van der Waals surface area contributed by atoms with Crippen molar-refractivity contribution in [2.45, 2.75) is 0 Å². The summed E-state index contributed by atoms with van der Waals surface area (Å²) < 4.78 is 5.60. The average Bonchev–Trinajstić information content (AvgIpc) is 2.80. The molecule has 12 heteroatoms. The highest BCUT2D eigenvalue weighted by atomic mass is 35.5. The molecule has 3 aromatic rings. The lowest BCUT2D eigenvalue weighted by Crippen LogP contribution is -2.43. The number of halogens is 1. The van der Waals surface area contributed by atoms with Crippen molar-refractivity contribution in [1.29, 1.82) is 0 Å². The fourth-order valence-corrected chi connectivity index (χ4v) is 3.65. The van der Waals surface area contributed by atoms with Crippen molar-refractivity contribution in [2.75, 3.05) is 36.4 Å². The summed E-state index contributed by atoms with van der Waals surface area (Å²) in [6, 6.07) is 11.0. The highest BCUT2D eigenvalue weighted by Crippen LogP contribution is 2.31. The van der Waals surface area contributed by atoms with Gasteiger partial charge in [-0.2, -0.15) is 4.98 Å². The molecule has 0 saturated carbocycles. The van der Waals surface area contributed by atoms with Gasteiger partial charge in [-0.3, -0.25) is 14.9 Å². The van der Waals surface area contributed by atoms with Gasteiger partial charge in [0, 0.05) is 37.9 Å². The molecular formula is C21H20ClN7O4. The van der Waals surface area contributed by atoms with E-state index < -0.39 is 10.8 Å². The fraction of sp³-hybridized carbons (Fsp3) is 0.190. The number of nitrogens with two attached hydrogens (primary N) is 1. The first-order valence-electron chi connectivity index (χ1n) is 10.0. The molecule has 1 saturated heterocycles. The molecule has 0 atom stereocenters. The van der Waals surface area contributed by atoms with Crippen LogP contribution in [-0.2, 0) is 0 Å². The molecule has 0 aliphatic carbocycles. The molecule has 33 heavy (non-hydrogen) atoms. The molecule has 0 radical (unpaired) electrons. The Morgan fingerprint density at radius 2 is 2.03 bits per heavy atom. The second kappa shape index (κ2) is 9.67. The third-order valence-corrected chi connectivity index (χ3v) is 5.21. The smallest absolute Gasteiger partial charge is 0.273 e. The van der Waals surface area contributed by atoms with Gasteiger partial charge in [0.1, 0.15) is 5.75 Å². The minimum atomic E-state index is -0.782. The van der Waals surface area contributed by atoms with Gasteiger partial charge in [-0.25, -0.2) is 4.98 Å². The lowest BCUT2D eigenvalue weighted by atomic mass is 10.2. The van der Waals surface area contributed by atoms with E-state index in [-0.39, 0.29) is 28.8 Å². The third-order valence-electron chi connectivity index (χ3n) is 4.90. The molecule has 1 aliphatic rings. The summed E-state index contributed by atoms with van der Waals surface area (Å²) >= 11 is 6.50. The number of nitrogens with one attached hydrogen (secondary N) is 2. The number of nitro benzene ring substituents is 1. The maximum atomic E-state index is 11.9. The second-order valence-electron chi connectivity index (χ2n) is 7.15. The van der Waals surface area contributed by atoms with E-state index in [4.69, 9.17) is 22.1 Å². The van der Waals surface area contributed by atoms with Crippen LogP contribution in [0.4, 0.5) is 22.9 Å². The summed E-state index contributed by atoms with van der Waals surface area (Å²) in [6.45, 7) is 3.46. The van der Waals surface area contributed by atoms with E-state index in [9.17, 15) is 14.9 Å². The van der Waals surface area contributed by atoms with E-state index >= 15 is 0 Å². The summed E-state index contributed by atoms with van der Waals surface area (Å²) in [4.78, 5) is 32.8. The summed E-state index contributed by atoms with van der Waals surface area (Å²) in [5.74, 6) is -0.502. The zero-order valence-corrected chi connectivity index (χ0v) is 18.1. The summed E-state index contributed by atoms with van der Waals surface area (Å²) in [5, 5.41) is 17.8. The minimum Gasteiger partial charge on any atom is -0.437 e. The van der Waals surface area contributed by atoms with E-state index in [0.717, 1.165) is 31.9 Å². The maximum Gasteiger partial charge on any atom is 0.273 e. The standard InChI is InChI=1S/C21H20ClN7O4/c22-16-10-13(4-5-17(16)28-8-6-24-7-9-28)26-21-19(20(23)30)25-12-18(27-21)33-15-3-1-2-14(11-15)29(31)32/h1-5,10-12,24H,6-9H2,(H2,23,30)(H,26,27). The van der Waals surface area contributed by atoms with Gasteiger partial charge < -0.3 is 26.0 Å². The molecule has 170 valence electrons. The second-order valence-corrected chi connectivity index (χ2v) is 7.56. The molecule has 1 aromatic heterocycles. The quantitative estimate of drug-likeness (QED) is 0.350. The number of amides is 1. The van der Waals surface area contributed by atoms with E-state index in [2.05, 4.69) is 25.5 Å². The number of non-ortho nitro benzene ring substituents is 1. The van der Waals surface area contributed by atoms with Crippen LogP contribution in [0.5, 0.6) is 11.6 Å². The van der Waals surface area contributed by atoms with Crippen LogP contribution in [-0.4, -0.2) is 47.0 Å². The van der Waals surface area contributed by atoms with Crippen LogP contribution in [0.15, 0.2) is 48.7 Å². The van der Waals surface area contributed by atoms with Crippen molar-refractivity contribution in [1.82, 2.24) is 15.3 Å². The molecule has 4 rings (SSSR count). The number of benzene rings is 2. The SMILES string of the molecule is NC(=O)c1ncc(Oc2cccc([N+](=O)[O-])c2)nc1Nc1ccc(N2CCNCC2)c(Cl)c1. The fourth-order valence-electron chi connectivity index (χ4n) is 3.35. The van der Waals surface area contributed by atoms with E-state index in [1.165, 1.54) is 24.4 Å². The maximum absolute atomic E-state index is 11.9. The number of nitrogens with zero attached hydrogens (tertiary/aromatic N) is 4. The first-order chi connectivity index (χ1) is 15.9. The molecule has 2 heterocycles. The lowest BCUT2D eigenvalue weighted by Gasteiger charge is -2.30. The van der Waals surface area contributed by atoms with Crippen LogP contribution in [0.1, 0.15) is 10.5 Å². The molecular weight excluding hydrogens is 450 g/mol. The molecule has 0 spiro atoms. The van der Waals surface area contributed by atoms with E-state index in [1.54, 1.807) is 12.1 Å². The van der Waals surface area contributed by atoms with Crippen LogP contribution in [0.25, 0.3) is 0 Å². The largest absolute Gasteiger partial charge is 0.437 e. The normalized spacial score (nSPS) is 13.4. The van der Waals surface area contributed by atoms with Crippen LogP contribution in [0.2, 0.25) is 5.02 Å². The lowest BCUT2D eigenvalue weighted by molar-refractivity contribution is -0.384. The average molecular weight is 470 g/mol. The van der Waals surface area contributed by atoms with Gasteiger partial charge in [0.25, 0.3) is 11.6 Å². The Kier molecular flexibility index (Phi) is 6.52.